The highest BCUT2D eigenvalue weighted by atomic mass is 14.5. The molecule has 1 nitrogen and oxygen atoms in total. The highest BCUT2D eigenvalue weighted by Crippen LogP contribution is 2.47. The lowest BCUT2D eigenvalue weighted by Crippen LogP contribution is -2.35. The molecule has 228 valence electrons. The zero-order valence-corrected chi connectivity index (χ0v) is 27.3. The second-order valence-electron chi connectivity index (χ2n) is 13.9. The molecule has 0 heterocycles. The molecule has 2 N–H and O–H groups in total. The summed E-state index contributed by atoms with van der Waals surface area (Å²) in [5, 5.41) is 0. The van der Waals surface area contributed by atoms with E-state index in [2.05, 4.69) is 27.7 Å². The maximum atomic E-state index is 5.75. The fourth-order valence-electron chi connectivity index (χ4n) is 7.71. The van der Waals surface area contributed by atoms with Crippen LogP contribution in [0.2, 0.25) is 0 Å². The summed E-state index contributed by atoms with van der Waals surface area (Å²) in [5.41, 5.74) is 5.75. The predicted molar refractivity (Wildman–Crippen MR) is 174 cm³/mol. The van der Waals surface area contributed by atoms with Crippen LogP contribution in [0.3, 0.4) is 0 Å². The largest absolute Gasteiger partial charge is 0.330 e. The van der Waals surface area contributed by atoms with Gasteiger partial charge in [0.25, 0.3) is 0 Å². The van der Waals surface area contributed by atoms with Gasteiger partial charge in [0.05, 0.1) is 0 Å². The molecule has 1 aliphatic carbocycles. The van der Waals surface area contributed by atoms with E-state index in [1.165, 1.54) is 154 Å². The van der Waals surface area contributed by atoms with Gasteiger partial charge in [-0.3, -0.25) is 0 Å². The standard InChI is InChI=1S/C37H75N/c1-5-7-9-11-16-22-28-36-34(26-20-10-8-6-2)30-31-35(27-21-15-12-14-19-25-33(3)4)37(36)29-23-17-13-18-24-32-38/h33-37H,5-32,38H2,1-4H3. The molecule has 4 unspecified atom stereocenters. The fourth-order valence-corrected chi connectivity index (χ4v) is 7.71. The molecule has 0 saturated heterocycles. The maximum Gasteiger partial charge on any atom is -0.00773 e. The minimum absolute atomic E-state index is 0.877. The SMILES string of the molecule is CCCCCCCCC1C(CCCCCC)CCC(CCCCCCCC(C)C)C1CCCCCCCN. The van der Waals surface area contributed by atoms with Crippen LogP contribution in [-0.2, 0) is 0 Å². The van der Waals surface area contributed by atoms with Crippen molar-refractivity contribution in [3.05, 3.63) is 0 Å². The molecular weight excluding hydrogens is 458 g/mol. The van der Waals surface area contributed by atoms with Crippen molar-refractivity contribution >= 4 is 0 Å². The lowest BCUT2D eigenvalue weighted by Gasteiger charge is -2.44. The second-order valence-corrected chi connectivity index (χ2v) is 13.9. The first kappa shape index (κ1) is 36.0. The third-order valence-corrected chi connectivity index (χ3v) is 10.1. The molecule has 38 heavy (non-hydrogen) atoms. The summed E-state index contributed by atoms with van der Waals surface area (Å²) in [6, 6.07) is 0. The minimum atomic E-state index is 0.877. The Bertz CT molecular complexity index is 471. The van der Waals surface area contributed by atoms with E-state index in [1.807, 2.05) is 0 Å². The van der Waals surface area contributed by atoms with Crippen LogP contribution in [0.1, 0.15) is 201 Å². The first-order valence-electron chi connectivity index (χ1n) is 18.3. The number of hydrogen-bond acceptors (Lipinski definition) is 1. The van der Waals surface area contributed by atoms with Crippen molar-refractivity contribution in [3.8, 4) is 0 Å². The van der Waals surface area contributed by atoms with Crippen molar-refractivity contribution < 1.29 is 0 Å². The molecule has 1 heteroatoms. The molecule has 1 aliphatic rings. The lowest BCUT2D eigenvalue weighted by molar-refractivity contribution is 0.0581. The monoisotopic (exact) mass is 534 g/mol. The van der Waals surface area contributed by atoms with Gasteiger partial charge in [-0.1, -0.05) is 169 Å². The Hall–Kier alpha value is -0.0400. The van der Waals surface area contributed by atoms with Crippen LogP contribution < -0.4 is 5.73 Å². The Morgan fingerprint density at radius 1 is 0.474 bits per heavy atom. The van der Waals surface area contributed by atoms with Crippen LogP contribution in [0.5, 0.6) is 0 Å². The average Bonchev–Trinajstić information content (AvgIpc) is 2.91. The van der Waals surface area contributed by atoms with Gasteiger partial charge in [-0.05, 0) is 68.2 Å². The Kier molecular flexibility index (Phi) is 24.5. The van der Waals surface area contributed by atoms with E-state index in [1.54, 1.807) is 19.3 Å². The van der Waals surface area contributed by atoms with Crippen molar-refractivity contribution in [3.63, 3.8) is 0 Å². The Morgan fingerprint density at radius 2 is 0.842 bits per heavy atom. The molecule has 1 saturated carbocycles. The van der Waals surface area contributed by atoms with Gasteiger partial charge in [-0.15, -0.1) is 0 Å². The van der Waals surface area contributed by atoms with E-state index in [0.29, 0.717) is 0 Å². The highest BCUT2D eigenvalue weighted by molar-refractivity contribution is 4.88. The molecule has 0 aromatic rings. The third-order valence-electron chi connectivity index (χ3n) is 10.1. The van der Waals surface area contributed by atoms with Crippen LogP contribution in [0.25, 0.3) is 0 Å². The summed E-state index contributed by atoms with van der Waals surface area (Å²) in [5.74, 6) is 5.03. The fraction of sp³-hybridized carbons (Fsp3) is 1.00. The van der Waals surface area contributed by atoms with Crippen molar-refractivity contribution in [2.24, 2.45) is 35.3 Å². The lowest BCUT2D eigenvalue weighted by atomic mass is 9.61. The van der Waals surface area contributed by atoms with E-state index in [0.717, 1.165) is 36.1 Å². The van der Waals surface area contributed by atoms with E-state index < -0.39 is 0 Å². The van der Waals surface area contributed by atoms with Gasteiger partial charge in [-0.25, -0.2) is 0 Å². The van der Waals surface area contributed by atoms with Gasteiger partial charge in [0, 0.05) is 0 Å². The van der Waals surface area contributed by atoms with E-state index >= 15 is 0 Å². The van der Waals surface area contributed by atoms with Gasteiger partial charge in [0.1, 0.15) is 0 Å². The zero-order valence-electron chi connectivity index (χ0n) is 27.3. The summed E-state index contributed by atoms with van der Waals surface area (Å²) in [6.45, 7) is 10.3. The van der Waals surface area contributed by atoms with E-state index in [9.17, 15) is 0 Å². The minimum Gasteiger partial charge on any atom is -0.330 e. The molecular formula is C37H75N. The molecule has 0 radical (unpaired) electrons. The van der Waals surface area contributed by atoms with Crippen LogP contribution in [0.15, 0.2) is 0 Å². The first-order valence-corrected chi connectivity index (χ1v) is 18.3. The number of rotatable bonds is 27. The molecule has 1 rings (SSSR count). The predicted octanol–water partition coefficient (Wildman–Crippen LogP) is 12.7. The molecule has 0 aromatic carbocycles. The van der Waals surface area contributed by atoms with Gasteiger partial charge in [0.2, 0.25) is 0 Å². The molecule has 0 spiro atoms. The summed E-state index contributed by atoms with van der Waals surface area (Å²) in [4.78, 5) is 0. The van der Waals surface area contributed by atoms with Crippen molar-refractivity contribution in [2.45, 2.75) is 201 Å². The van der Waals surface area contributed by atoms with Crippen LogP contribution in [-0.4, -0.2) is 6.54 Å². The number of unbranched alkanes of at least 4 members (excludes halogenated alkanes) is 16. The van der Waals surface area contributed by atoms with Gasteiger partial charge in [-0.2, -0.15) is 0 Å². The molecule has 1 fully saturated rings. The maximum absolute atomic E-state index is 5.75. The van der Waals surface area contributed by atoms with Gasteiger partial charge in [0.15, 0.2) is 0 Å². The highest BCUT2D eigenvalue weighted by Gasteiger charge is 2.37. The van der Waals surface area contributed by atoms with Gasteiger partial charge >= 0.3 is 0 Å². The number of nitrogens with two attached hydrogens (primary N) is 1. The van der Waals surface area contributed by atoms with Crippen molar-refractivity contribution in [1.82, 2.24) is 0 Å². The van der Waals surface area contributed by atoms with Gasteiger partial charge < -0.3 is 5.73 Å². The second kappa shape index (κ2) is 25.9. The summed E-state index contributed by atoms with van der Waals surface area (Å²) >= 11 is 0. The topological polar surface area (TPSA) is 26.0 Å². The molecule has 0 aromatic heterocycles. The molecule has 0 bridgehead atoms. The molecule has 4 atom stereocenters. The Labute approximate surface area is 242 Å². The first-order chi connectivity index (χ1) is 18.6. The normalized spacial score (nSPS) is 21.9. The molecule has 0 amide bonds. The quantitative estimate of drug-likeness (QED) is 0.104. The van der Waals surface area contributed by atoms with E-state index in [4.69, 9.17) is 5.73 Å². The summed E-state index contributed by atoms with van der Waals surface area (Å²) < 4.78 is 0. The summed E-state index contributed by atoms with van der Waals surface area (Å²) in [6.07, 6.45) is 39.6. The number of hydrogen-bond donors (Lipinski definition) is 1. The van der Waals surface area contributed by atoms with Crippen LogP contribution in [0, 0.1) is 29.6 Å². The van der Waals surface area contributed by atoms with Crippen molar-refractivity contribution in [1.29, 1.82) is 0 Å². The van der Waals surface area contributed by atoms with Crippen LogP contribution >= 0.6 is 0 Å². The average molecular weight is 534 g/mol. The van der Waals surface area contributed by atoms with E-state index in [-0.39, 0.29) is 0 Å². The zero-order chi connectivity index (χ0) is 27.7. The van der Waals surface area contributed by atoms with Crippen molar-refractivity contribution in [2.75, 3.05) is 6.54 Å². The molecule has 0 aliphatic heterocycles. The van der Waals surface area contributed by atoms with Crippen LogP contribution in [0.4, 0.5) is 0 Å². The summed E-state index contributed by atoms with van der Waals surface area (Å²) in [7, 11) is 0. The third kappa shape index (κ3) is 18.3. The Balaban J connectivity index is 2.69. The smallest absolute Gasteiger partial charge is 0.00773 e. The Morgan fingerprint density at radius 3 is 1.29 bits per heavy atom.